The maximum absolute atomic E-state index is 13.6. The summed E-state index contributed by atoms with van der Waals surface area (Å²) in [6.07, 6.45) is 7.83. The fourth-order valence-electron chi connectivity index (χ4n) is 5.88. The molecule has 3 N–H and O–H groups in total. The van der Waals surface area contributed by atoms with Gasteiger partial charge in [0.2, 0.25) is 17.7 Å². The first kappa shape index (κ1) is 27.9. The van der Waals surface area contributed by atoms with Gasteiger partial charge in [-0.3, -0.25) is 14.4 Å². The third-order valence-electron chi connectivity index (χ3n) is 8.38. The third kappa shape index (κ3) is 7.03. The summed E-state index contributed by atoms with van der Waals surface area (Å²) in [5.41, 5.74) is 10.3. The summed E-state index contributed by atoms with van der Waals surface area (Å²) in [7, 11) is 0. The number of amides is 3. The van der Waals surface area contributed by atoms with Crippen molar-refractivity contribution in [1.29, 1.82) is 0 Å². The zero-order valence-corrected chi connectivity index (χ0v) is 23.0. The Morgan fingerprint density at radius 3 is 2.42 bits per heavy atom. The molecule has 2 aliphatic rings. The van der Waals surface area contributed by atoms with Gasteiger partial charge in [-0.15, -0.1) is 0 Å². The maximum Gasteiger partial charge on any atom is 0.245 e. The van der Waals surface area contributed by atoms with Crippen molar-refractivity contribution in [3.05, 3.63) is 59.7 Å². The Kier molecular flexibility index (Phi) is 9.59. The van der Waals surface area contributed by atoms with Gasteiger partial charge in [-0.05, 0) is 67.7 Å². The smallest absolute Gasteiger partial charge is 0.245 e. The predicted molar refractivity (Wildman–Crippen MR) is 151 cm³/mol. The molecule has 0 spiro atoms. The molecule has 1 saturated carbocycles. The minimum absolute atomic E-state index is 0.0369. The van der Waals surface area contributed by atoms with Crippen LogP contribution >= 0.6 is 0 Å². The fourth-order valence-corrected chi connectivity index (χ4v) is 5.88. The van der Waals surface area contributed by atoms with Crippen LogP contribution in [0, 0.1) is 24.7 Å². The Morgan fingerprint density at radius 2 is 1.76 bits per heavy atom. The molecule has 1 heterocycles. The molecular formula is C32H43N3O3. The van der Waals surface area contributed by atoms with Gasteiger partial charge in [0.15, 0.2) is 0 Å². The summed E-state index contributed by atoms with van der Waals surface area (Å²) in [5, 5.41) is 3.08. The van der Waals surface area contributed by atoms with Crippen molar-refractivity contribution in [3.8, 4) is 11.1 Å². The van der Waals surface area contributed by atoms with Gasteiger partial charge in [0.25, 0.3) is 0 Å². The van der Waals surface area contributed by atoms with Crippen molar-refractivity contribution < 1.29 is 14.4 Å². The molecule has 2 fully saturated rings. The van der Waals surface area contributed by atoms with E-state index < -0.39 is 23.8 Å². The molecule has 0 unspecified atom stereocenters. The first-order valence-electron chi connectivity index (χ1n) is 14.4. The Bertz CT molecular complexity index is 1110. The normalized spacial score (nSPS) is 19.8. The summed E-state index contributed by atoms with van der Waals surface area (Å²) in [5.74, 6) is -1.11. The number of benzene rings is 2. The number of nitrogens with one attached hydrogen (secondary N) is 1. The Hall–Kier alpha value is -3.15. The van der Waals surface area contributed by atoms with Crippen LogP contribution in [0.2, 0.25) is 0 Å². The number of hydrogen-bond donors (Lipinski definition) is 2. The van der Waals surface area contributed by atoms with Crippen LogP contribution in [-0.4, -0.2) is 35.2 Å². The average Bonchev–Trinajstić information content (AvgIpc) is 3.04. The lowest BCUT2D eigenvalue weighted by Gasteiger charge is -2.33. The number of hydrogen-bond acceptors (Lipinski definition) is 3. The molecule has 1 aliphatic carbocycles. The molecule has 204 valence electrons. The van der Waals surface area contributed by atoms with E-state index in [1.54, 1.807) is 0 Å². The zero-order valence-electron chi connectivity index (χ0n) is 23.0. The second-order valence-electron chi connectivity index (χ2n) is 11.3. The zero-order chi connectivity index (χ0) is 27.1. The maximum atomic E-state index is 13.6. The summed E-state index contributed by atoms with van der Waals surface area (Å²) in [6.45, 7) is 5.27. The first-order chi connectivity index (χ1) is 18.4. The van der Waals surface area contributed by atoms with Crippen LogP contribution in [0.25, 0.3) is 11.1 Å². The molecule has 1 aliphatic heterocycles. The Labute approximate surface area is 227 Å². The molecule has 2 aromatic carbocycles. The number of likely N-dealkylation sites (tertiary alicyclic amines) is 1. The number of nitrogens with two attached hydrogens (primary N) is 1. The van der Waals surface area contributed by atoms with Crippen LogP contribution in [0.4, 0.5) is 0 Å². The van der Waals surface area contributed by atoms with E-state index in [0.717, 1.165) is 48.8 Å². The third-order valence-corrected chi connectivity index (χ3v) is 8.38. The first-order valence-corrected chi connectivity index (χ1v) is 14.4. The van der Waals surface area contributed by atoms with E-state index in [2.05, 4.69) is 54.7 Å². The molecule has 1 saturated heterocycles. The van der Waals surface area contributed by atoms with Crippen LogP contribution in [-0.2, 0) is 20.9 Å². The van der Waals surface area contributed by atoms with E-state index in [9.17, 15) is 14.4 Å². The van der Waals surface area contributed by atoms with E-state index >= 15 is 0 Å². The molecule has 38 heavy (non-hydrogen) atoms. The summed E-state index contributed by atoms with van der Waals surface area (Å²) < 4.78 is 0. The molecule has 6 heteroatoms. The van der Waals surface area contributed by atoms with Crippen molar-refractivity contribution in [3.63, 3.8) is 0 Å². The van der Waals surface area contributed by atoms with Crippen molar-refractivity contribution in [2.24, 2.45) is 23.5 Å². The highest BCUT2D eigenvalue weighted by Crippen LogP contribution is 2.36. The summed E-state index contributed by atoms with van der Waals surface area (Å²) in [4.78, 5) is 41.4. The van der Waals surface area contributed by atoms with Gasteiger partial charge < -0.3 is 16.0 Å². The molecule has 0 radical (unpaired) electrons. The van der Waals surface area contributed by atoms with Gasteiger partial charge in [0.05, 0.1) is 0 Å². The van der Waals surface area contributed by atoms with E-state index in [1.807, 2.05) is 17.9 Å². The van der Waals surface area contributed by atoms with Crippen LogP contribution < -0.4 is 11.1 Å². The minimum Gasteiger partial charge on any atom is -0.369 e. The second-order valence-corrected chi connectivity index (χ2v) is 11.3. The lowest BCUT2D eigenvalue weighted by Crippen LogP contribution is -2.51. The van der Waals surface area contributed by atoms with Gasteiger partial charge in [-0.2, -0.15) is 0 Å². The summed E-state index contributed by atoms with van der Waals surface area (Å²) >= 11 is 0. The predicted octanol–water partition coefficient (Wildman–Crippen LogP) is 5.37. The van der Waals surface area contributed by atoms with Gasteiger partial charge in [0, 0.05) is 24.9 Å². The van der Waals surface area contributed by atoms with Gasteiger partial charge in [-0.1, -0.05) is 80.6 Å². The number of carbonyl (C=O) groups excluding carboxylic acids is 3. The number of rotatable bonds is 11. The monoisotopic (exact) mass is 517 g/mol. The highest BCUT2D eigenvalue weighted by molar-refractivity contribution is 5.91. The van der Waals surface area contributed by atoms with Crippen molar-refractivity contribution >= 4 is 17.7 Å². The topological polar surface area (TPSA) is 92.5 Å². The molecule has 3 amide bonds. The highest BCUT2D eigenvalue weighted by atomic mass is 16.2. The molecule has 2 aromatic rings. The largest absolute Gasteiger partial charge is 0.369 e. The second kappa shape index (κ2) is 13.1. The van der Waals surface area contributed by atoms with E-state index in [-0.39, 0.29) is 11.8 Å². The van der Waals surface area contributed by atoms with Gasteiger partial charge >= 0.3 is 0 Å². The quantitative estimate of drug-likeness (QED) is 0.420. The van der Waals surface area contributed by atoms with Crippen LogP contribution in [0.5, 0.6) is 0 Å². The lowest BCUT2D eigenvalue weighted by atomic mass is 9.74. The van der Waals surface area contributed by atoms with E-state index in [1.165, 1.54) is 12.0 Å². The molecule has 0 bridgehead atoms. The van der Waals surface area contributed by atoms with Crippen molar-refractivity contribution in [2.45, 2.75) is 84.2 Å². The fraction of sp³-hybridized carbons (Fsp3) is 0.531. The summed E-state index contributed by atoms with van der Waals surface area (Å²) in [6, 6.07) is 16.2. The van der Waals surface area contributed by atoms with Crippen molar-refractivity contribution in [1.82, 2.24) is 10.2 Å². The number of carbonyl (C=O) groups is 3. The molecule has 0 aromatic heterocycles. The minimum atomic E-state index is -0.565. The standard InChI is InChI=1S/C32H43N3O3/c1-3-8-27(30(33)36)28(20-23-9-6-10-23)31(37)34-29-13-4-5-18-35(32(29)38)21-24-11-7-12-26(19-24)25-16-14-22(2)15-17-25/h7,11-12,14-17,19,23,27-29H,3-6,8-10,13,18,20-21H2,1-2H3,(H2,33,36)(H,34,37)/t27-,28+,29-/m0/s1. The van der Waals surface area contributed by atoms with Crippen LogP contribution in [0.1, 0.15) is 75.8 Å². The number of aryl methyl sites for hydroxylation is 1. The Balaban J connectivity index is 1.46. The average molecular weight is 518 g/mol. The molecular weight excluding hydrogens is 474 g/mol. The lowest BCUT2D eigenvalue weighted by molar-refractivity contribution is -0.139. The number of primary amides is 1. The molecule has 6 nitrogen and oxygen atoms in total. The van der Waals surface area contributed by atoms with Gasteiger partial charge in [0.1, 0.15) is 6.04 Å². The van der Waals surface area contributed by atoms with Crippen molar-refractivity contribution in [2.75, 3.05) is 6.54 Å². The van der Waals surface area contributed by atoms with E-state index in [4.69, 9.17) is 5.73 Å². The van der Waals surface area contributed by atoms with Crippen LogP contribution in [0.15, 0.2) is 48.5 Å². The Morgan fingerprint density at radius 1 is 1.00 bits per heavy atom. The molecule has 4 rings (SSSR count). The SMILES string of the molecule is CCC[C@H](C(N)=O)[C@@H](CC1CCC1)C(=O)N[C@H]1CCCCN(Cc2cccc(-c3ccc(C)cc3)c2)C1=O. The van der Waals surface area contributed by atoms with Gasteiger partial charge in [-0.25, -0.2) is 0 Å². The van der Waals surface area contributed by atoms with E-state index in [0.29, 0.717) is 38.3 Å². The molecule has 3 atom stereocenters. The highest BCUT2D eigenvalue weighted by Gasteiger charge is 2.37. The van der Waals surface area contributed by atoms with Crippen LogP contribution in [0.3, 0.4) is 0 Å². The number of nitrogens with zero attached hydrogens (tertiary/aromatic N) is 1.